The van der Waals surface area contributed by atoms with Crippen LogP contribution in [0.2, 0.25) is 0 Å². The molecule has 2 aliphatic rings. The molecule has 38 heavy (non-hydrogen) atoms. The number of likely N-dealkylation sites (tertiary alicyclic amines) is 1. The van der Waals surface area contributed by atoms with E-state index in [1.165, 1.54) is 12.0 Å². The molecule has 0 bridgehead atoms. The summed E-state index contributed by atoms with van der Waals surface area (Å²) in [5, 5.41) is 8.06. The van der Waals surface area contributed by atoms with Gasteiger partial charge in [-0.25, -0.2) is 4.98 Å². The Morgan fingerprint density at radius 2 is 1.89 bits per heavy atom. The number of nitrogens with one attached hydrogen (secondary N) is 1. The minimum Gasteiger partial charge on any atom is -0.366 e. The maximum absolute atomic E-state index is 14.3. The Balaban J connectivity index is 1.28. The second-order valence-corrected chi connectivity index (χ2v) is 11.5. The Labute approximate surface area is 231 Å². The highest BCUT2D eigenvalue weighted by Gasteiger charge is 2.44. The third-order valence-corrected chi connectivity index (χ3v) is 8.77. The number of fused-ring (bicyclic) bond motifs is 1. The molecule has 1 N–H and O–H groups in total. The van der Waals surface area contributed by atoms with Gasteiger partial charge in [-0.1, -0.05) is 55.7 Å². The number of nitrogens with zero attached hydrogens (tertiary/aromatic N) is 5. The van der Waals surface area contributed by atoms with E-state index in [9.17, 15) is 4.79 Å². The number of halogens is 1. The van der Waals surface area contributed by atoms with Gasteiger partial charge < -0.3 is 10.2 Å². The summed E-state index contributed by atoms with van der Waals surface area (Å²) in [5.74, 6) is 1.36. The first kappa shape index (κ1) is 25.0. The first-order valence-corrected chi connectivity index (χ1v) is 14.5. The highest BCUT2D eigenvalue weighted by Crippen LogP contribution is 2.42. The Morgan fingerprint density at radius 3 is 2.68 bits per heavy atom. The van der Waals surface area contributed by atoms with Gasteiger partial charge in [-0.2, -0.15) is 9.61 Å². The zero-order valence-corrected chi connectivity index (χ0v) is 23.1. The Hall–Kier alpha value is -3.26. The molecule has 196 valence electrons. The first-order valence-electron chi connectivity index (χ1n) is 13.7. The summed E-state index contributed by atoms with van der Waals surface area (Å²) in [7, 11) is 0. The average Bonchev–Trinajstić information content (AvgIpc) is 3.37. The molecule has 1 saturated carbocycles. The van der Waals surface area contributed by atoms with Crippen LogP contribution in [0.1, 0.15) is 67.7 Å². The van der Waals surface area contributed by atoms with Crippen molar-refractivity contribution < 1.29 is 4.79 Å². The van der Waals surface area contributed by atoms with E-state index in [-0.39, 0.29) is 5.92 Å². The minimum absolute atomic E-state index is 0.176. The quantitative estimate of drug-likeness (QED) is 0.302. The predicted octanol–water partition coefficient (Wildman–Crippen LogP) is 6.11. The summed E-state index contributed by atoms with van der Waals surface area (Å²) in [4.78, 5) is 25.6. The van der Waals surface area contributed by atoms with Crippen LogP contribution in [0.5, 0.6) is 0 Å². The van der Waals surface area contributed by atoms with Crippen LogP contribution in [0.15, 0.2) is 71.6 Å². The van der Waals surface area contributed by atoms with Gasteiger partial charge in [0.15, 0.2) is 5.65 Å². The van der Waals surface area contributed by atoms with Gasteiger partial charge in [-0.05, 0) is 58.8 Å². The van der Waals surface area contributed by atoms with Crippen molar-refractivity contribution in [2.45, 2.75) is 62.8 Å². The predicted molar refractivity (Wildman–Crippen MR) is 152 cm³/mol. The Morgan fingerprint density at radius 1 is 1.05 bits per heavy atom. The molecule has 1 aliphatic heterocycles. The molecule has 3 aromatic heterocycles. The fourth-order valence-electron chi connectivity index (χ4n) is 6.23. The summed E-state index contributed by atoms with van der Waals surface area (Å²) >= 11 is 3.63. The van der Waals surface area contributed by atoms with Crippen LogP contribution < -0.4 is 5.32 Å². The van der Waals surface area contributed by atoms with Crippen molar-refractivity contribution in [3.05, 3.63) is 88.4 Å². The molecule has 1 amide bonds. The lowest BCUT2D eigenvalue weighted by Gasteiger charge is -2.43. The van der Waals surface area contributed by atoms with Gasteiger partial charge >= 0.3 is 0 Å². The van der Waals surface area contributed by atoms with Crippen LogP contribution >= 0.6 is 15.9 Å². The maximum Gasteiger partial charge on any atom is 0.233 e. The molecule has 1 saturated heterocycles. The number of carbonyl (C=O) groups is 1. The van der Waals surface area contributed by atoms with Gasteiger partial charge in [0, 0.05) is 44.0 Å². The van der Waals surface area contributed by atoms with Crippen molar-refractivity contribution in [2.75, 3.05) is 18.4 Å². The van der Waals surface area contributed by atoms with Crippen LogP contribution in [0.3, 0.4) is 0 Å². The maximum atomic E-state index is 14.3. The molecule has 8 heteroatoms. The molecule has 2 fully saturated rings. The first-order chi connectivity index (χ1) is 18.6. The summed E-state index contributed by atoms with van der Waals surface area (Å²) in [5.41, 5.74) is 3.66. The van der Waals surface area contributed by atoms with E-state index in [0.29, 0.717) is 19.0 Å². The third-order valence-electron chi connectivity index (χ3n) is 8.21. The molecule has 0 radical (unpaired) electrons. The molecule has 1 aromatic carbocycles. The molecule has 7 nitrogen and oxygen atoms in total. The molecular weight excluding hydrogens is 540 g/mol. The Kier molecular flexibility index (Phi) is 7.15. The van der Waals surface area contributed by atoms with Crippen LogP contribution in [-0.2, 0) is 16.8 Å². The van der Waals surface area contributed by atoms with Gasteiger partial charge in [0.25, 0.3) is 0 Å². The average molecular weight is 574 g/mol. The molecule has 1 unspecified atom stereocenters. The number of aromatic nitrogens is 4. The van der Waals surface area contributed by atoms with Gasteiger partial charge in [0.05, 0.1) is 21.8 Å². The second kappa shape index (κ2) is 10.8. The van der Waals surface area contributed by atoms with Gasteiger partial charge in [-0.3, -0.25) is 9.78 Å². The lowest BCUT2D eigenvalue weighted by Crippen LogP contribution is -2.51. The smallest absolute Gasteiger partial charge is 0.233 e. The van der Waals surface area contributed by atoms with Crippen LogP contribution in [0.25, 0.3) is 5.65 Å². The lowest BCUT2D eigenvalue weighted by atomic mass is 9.68. The Bertz CT molecular complexity index is 1400. The summed E-state index contributed by atoms with van der Waals surface area (Å²) in [6.07, 6.45) is 12.7. The molecule has 1 aliphatic carbocycles. The number of rotatable bonds is 6. The number of benzene rings is 1. The van der Waals surface area contributed by atoms with Gasteiger partial charge in [-0.15, -0.1) is 0 Å². The van der Waals surface area contributed by atoms with Crippen molar-refractivity contribution in [3.8, 4) is 0 Å². The van der Waals surface area contributed by atoms with Crippen molar-refractivity contribution >= 4 is 33.3 Å². The molecular formula is C30H33BrN6O. The van der Waals surface area contributed by atoms with E-state index >= 15 is 0 Å². The molecule has 1 atom stereocenters. The molecule has 0 spiro atoms. The fourth-order valence-corrected chi connectivity index (χ4v) is 6.58. The van der Waals surface area contributed by atoms with Crippen molar-refractivity contribution in [2.24, 2.45) is 0 Å². The zero-order valence-electron chi connectivity index (χ0n) is 21.5. The van der Waals surface area contributed by atoms with Crippen molar-refractivity contribution in [1.82, 2.24) is 24.5 Å². The van der Waals surface area contributed by atoms with E-state index in [1.54, 1.807) is 12.4 Å². The minimum atomic E-state index is -0.399. The van der Waals surface area contributed by atoms with E-state index in [4.69, 9.17) is 4.98 Å². The lowest BCUT2D eigenvalue weighted by molar-refractivity contribution is -0.140. The topological polar surface area (TPSA) is 75.4 Å². The molecule has 4 aromatic rings. The summed E-state index contributed by atoms with van der Waals surface area (Å²) in [6, 6.07) is 16.6. The molecule has 4 heterocycles. The van der Waals surface area contributed by atoms with E-state index in [1.807, 2.05) is 22.8 Å². The number of hydrogen-bond donors (Lipinski definition) is 1. The summed E-state index contributed by atoms with van der Waals surface area (Å²) in [6.45, 7) is 2.15. The van der Waals surface area contributed by atoms with E-state index < -0.39 is 5.41 Å². The van der Waals surface area contributed by atoms with Crippen molar-refractivity contribution in [3.63, 3.8) is 0 Å². The van der Waals surface area contributed by atoms with Crippen molar-refractivity contribution in [1.29, 1.82) is 0 Å². The van der Waals surface area contributed by atoms with Gasteiger partial charge in [0.1, 0.15) is 5.82 Å². The standard InChI is InChI=1S/C30H33BrN6O/c31-25-20-34-37-27(33-19-22-9-7-15-32-18-22)17-26(35-28(25)37)23-10-8-16-36(21-23)29(38)30(13-5-2-6-14-30)24-11-3-1-4-12-24/h1,3-4,7,9,11-12,15,17-18,20,23,33H,2,5-6,8,10,13-14,16,19,21H2. The number of piperidine rings is 1. The van der Waals surface area contributed by atoms with E-state index in [0.717, 1.165) is 72.3 Å². The fraction of sp³-hybridized carbons (Fsp3) is 0.400. The van der Waals surface area contributed by atoms with Gasteiger partial charge in [0.2, 0.25) is 5.91 Å². The summed E-state index contributed by atoms with van der Waals surface area (Å²) < 4.78 is 2.69. The van der Waals surface area contributed by atoms with Crippen LogP contribution in [0, 0.1) is 0 Å². The third kappa shape index (κ3) is 4.82. The molecule has 6 rings (SSSR count). The largest absolute Gasteiger partial charge is 0.366 e. The number of hydrogen-bond acceptors (Lipinski definition) is 5. The van der Waals surface area contributed by atoms with Crippen LogP contribution in [-0.4, -0.2) is 43.5 Å². The normalized spacial score (nSPS) is 19.4. The zero-order chi connectivity index (χ0) is 26.0. The second-order valence-electron chi connectivity index (χ2n) is 10.6. The number of carbonyl (C=O) groups excluding carboxylic acids is 1. The number of anilines is 1. The number of amides is 1. The number of pyridine rings is 1. The highest BCUT2D eigenvalue weighted by molar-refractivity contribution is 9.10. The van der Waals surface area contributed by atoms with Crippen LogP contribution in [0.4, 0.5) is 5.82 Å². The monoisotopic (exact) mass is 572 g/mol. The highest BCUT2D eigenvalue weighted by atomic mass is 79.9. The SMILES string of the molecule is O=C(N1CCCC(c2cc(NCc3cccnc3)n3ncc(Br)c3n2)C1)C1(c2ccccc2)CCCCC1. The van der Waals surface area contributed by atoms with E-state index in [2.05, 4.69) is 72.6 Å².